The van der Waals surface area contributed by atoms with Crippen LogP contribution in [0, 0.1) is 5.82 Å². The van der Waals surface area contributed by atoms with Gasteiger partial charge in [0.2, 0.25) is 0 Å². The van der Waals surface area contributed by atoms with E-state index in [9.17, 15) is 9.18 Å². The quantitative estimate of drug-likeness (QED) is 0.907. The van der Waals surface area contributed by atoms with E-state index in [0.717, 1.165) is 0 Å². The number of hydrogen-bond donors (Lipinski definition) is 1. The summed E-state index contributed by atoms with van der Waals surface area (Å²) in [4.78, 5) is 10.4. The molecule has 1 rings (SSSR count). The normalized spacial score (nSPS) is 10.2. The van der Waals surface area contributed by atoms with E-state index < -0.39 is 5.97 Å². The van der Waals surface area contributed by atoms with Crippen molar-refractivity contribution in [2.45, 2.75) is 19.3 Å². The van der Waals surface area contributed by atoms with Crippen molar-refractivity contribution in [2.75, 3.05) is 7.11 Å². The second kappa shape index (κ2) is 5.84. The van der Waals surface area contributed by atoms with Crippen molar-refractivity contribution < 1.29 is 19.0 Å². The smallest absolute Gasteiger partial charge is 0.303 e. The average Bonchev–Trinajstić information content (AvgIpc) is 2.16. The minimum atomic E-state index is -0.852. The highest BCUT2D eigenvalue weighted by Crippen LogP contribution is 2.31. The first kappa shape index (κ1) is 13.0. The SMILES string of the molecule is COc1c(Br)cc(F)cc1CCCC(=O)O. The fraction of sp³-hybridized carbons (Fsp3) is 0.364. The Morgan fingerprint density at radius 3 is 2.81 bits per heavy atom. The van der Waals surface area contributed by atoms with Gasteiger partial charge in [0.1, 0.15) is 11.6 Å². The van der Waals surface area contributed by atoms with Gasteiger partial charge in [0.25, 0.3) is 0 Å². The summed E-state index contributed by atoms with van der Waals surface area (Å²) in [6.07, 6.45) is 1.00. The number of carboxylic acids is 1. The molecular weight excluding hydrogens is 279 g/mol. The molecule has 1 aromatic rings. The lowest BCUT2D eigenvalue weighted by Gasteiger charge is -2.10. The second-order valence-corrected chi connectivity index (χ2v) is 4.18. The van der Waals surface area contributed by atoms with Crippen LogP contribution < -0.4 is 4.74 Å². The van der Waals surface area contributed by atoms with Crippen molar-refractivity contribution in [3.63, 3.8) is 0 Å². The van der Waals surface area contributed by atoms with Crippen molar-refractivity contribution >= 4 is 21.9 Å². The maximum absolute atomic E-state index is 13.1. The standard InChI is InChI=1S/C11H12BrFO3/c1-16-11-7(3-2-4-10(14)15)5-8(13)6-9(11)12/h5-6H,2-4H2,1H3,(H,14,15). The largest absolute Gasteiger partial charge is 0.495 e. The molecule has 0 spiro atoms. The van der Waals surface area contributed by atoms with E-state index in [1.54, 1.807) is 0 Å². The zero-order chi connectivity index (χ0) is 12.1. The molecule has 5 heteroatoms. The Balaban J connectivity index is 2.81. The Kier molecular flexibility index (Phi) is 4.73. The van der Waals surface area contributed by atoms with E-state index in [4.69, 9.17) is 9.84 Å². The van der Waals surface area contributed by atoms with E-state index in [-0.39, 0.29) is 12.2 Å². The fourth-order valence-electron chi connectivity index (χ4n) is 1.46. The summed E-state index contributed by atoms with van der Waals surface area (Å²) in [5.41, 5.74) is 0.677. The number of halogens is 2. The van der Waals surface area contributed by atoms with Crippen molar-refractivity contribution in [1.29, 1.82) is 0 Å². The summed E-state index contributed by atoms with van der Waals surface area (Å²) in [7, 11) is 1.50. The maximum atomic E-state index is 13.1. The van der Waals surface area contributed by atoms with Gasteiger partial charge in [-0.2, -0.15) is 0 Å². The molecule has 1 aromatic carbocycles. The van der Waals surface area contributed by atoms with Gasteiger partial charge in [-0.25, -0.2) is 4.39 Å². The number of ether oxygens (including phenoxy) is 1. The Morgan fingerprint density at radius 1 is 1.56 bits per heavy atom. The van der Waals surface area contributed by atoms with Gasteiger partial charge in [-0.15, -0.1) is 0 Å². The molecule has 0 heterocycles. The molecule has 0 aliphatic rings. The molecule has 0 aliphatic heterocycles. The van der Waals surface area contributed by atoms with Crippen molar-refractivity contribution in [3.05, 3.63) is 28.0 Å². The van der Waals surface area contributed by atoms with Crippen LogP contribution in [0.25, 0.3) is 0 Å². The maximum Gasteiger partial charge on any atom is 0.303 e. The van der Waals surface area contributed by atoms with Crippen LogP contribution in [0.3, 0.4) is 0 Å². The first-order valence-corrected chi connectivity index (χ1v) is 5.57. The highest BCUT2D eigenvalue weighted by Gasteiger charge is 2.10. The van der Waals surface area contributed by atoms with Crippen molar-refractivity contribution in [1.82, 2.24) is 0 Å². The molecule has 1 N–H and O–H groups in total. The van der Waals surface area contributed by atoms with E-state index in [1.807, 2.05) is 0 Å². The molecule has 0 fully saturated rings. The summed E-state index contributed by atoms with van der Waals surface area (Å²) in [5.74, 6) is -0.653. The van der Waals surface area contributed by atoms with Gasteiger partial charge < -0.3 is 9.84 Å². The van der Waals surface area contributed by atoms with Crippen LogP contribution in [0.4, 0.5) is 4.39 Å². The van der Waals surface area contributed by atoms with E-state index >= 15 is 0 Å². The molecule has 16 heavy (non-hydrogen) atoms. The molecule has 0 unspecified atom stereocenters. The van der Waals surface area contributed by atoms with Crippen LogP contribution in [0.5, 0.6) is 5.75 Å². The molecule has 0 bridgehead atoms. The number of benzene rings is 1. The number of carboxylic acid groups (broad SMARTS) is 1. The van der Waals surface area contributed by atoms with Gasteiger partial charge in [0.05, 0.1) is 11.6 Å². The molecule has 0 atom stereocenters. The molecule has 0 saturated carbocycles. The highest BCUT2D eigenvalue weighted by molar-refractivity contribution is 9.10. The molecule has 3 nitrogen and oxygen atoms in total. The third-order valence-electron chi connectivity index (χ3n) is 2.13. The van der Waals surface area contributed by atoms with Crippen LogP contribution in [0.1, 0.15) is 18.4 Å². The molecule has 0 aliphatic carbocycles. The zero-order valence-corrected chi connectivity index (χ0v) is 10.4. The number of aryl methyl sites for hydroxylation is 1. The van der Waals surface area contributed by atoms with Gasteiger partial charge in [-0.05, 0) is 46.5 Å². The predicted molar refractivity (Wildman–Crippen MR) is 61.2 cm³/mol. The molecule has 0 amide bonds. The lowest BCUT2D eigenvalue weighted by Crippen LogP contribution is -1.99. The van der Waals surface area contributed by atoms with Crippen LogP contribution in [-0.2, 0) is 11.2 Å². The average molecular weight is 291 g/mol. The number of methoxy groups -OCH3 is 1. The Bertz CT molecular complexity index is 393. The summed E-state index contributed by atoms with van der Waals surface area (Å²) >= 11 is 3.20. The Labute approximate surface area is 101 Å². The number of rotatable bonds is 5. The fourth-order valence-corrected chi connectivity index (χ4v) is 2.09. The third-order valence-corrected chi connectivity index (χ3v) is 2.72. The third kappa shape index (κ3) is 3.48. The second-order valence-electron chi connectivity index (χ2n) is 3.33. The first-order chi connectivity index (χ1) is 7.54. The van der Waals surface area contributed by atoms with E-state index in [2.05, 4.69) is 15.9 Å². The Morgan fingerprint density at radius 2 is 2.25 bits per heavy atom. The summed E-state index contributed by atoms with van der Waals surface area (Å²) in [5, 5.41) is 8.51. The molecule has 0 saturated heterocycles. The van der Waals surface area contributed by atoms with Crippen LogP contribution >= 0.6 is 15.9 Å². The van der Waals surface area contributed by atoms with Gasteiger partial charge >= 0.3 is 5.97 Å². The van der Waals surface area contributed by atoms with Crippen LogP contribution in [-0.4, -0.2) is 18.2 Å². The zero-order valence-electron chi connectivity index (χ0n) is 8.80. The topological polar surface area (TPSA) is 46.5 Å². The number of carbonyl (C=O) groups is 1. The Hall–Kier alpha value is -1.10. The molecular formula is C11H12BrFO3. The monoisotopic (exact) mass is 290 g/mol. The minimum Gasteiger partial charge on any atom is -0.495 e. The molecule has 0 aromatic heterocycles. The number of aliphatic carboxylic acids is 1. The van der Waals surface area contributed by atoms with Crippen LogP contribution in [0.15, 0.2) is 16.6 Å². The summed E-state index contributed by atoms with van der Waals surface area (Å²) in [6.45, 7) is 0. The summed E-state index contributed by atoms with van der Waals surface area (Å²) < 4.78 is 18.8. The minimum absolute atomic E-state index is 0.0668. The first-order valence-electron chi connectivity index (χ1n) is 4.78. The van der Waals surface area contributed by atoms with Crippen LogP contribution in [0.2, 0.25) is 0 Å². The molecule has 0 radical (unpaired) electrons. The lowest BCUT2D eigenvalue weighted by molar-refractivity contribution is -0.137. The molecule has 88 valence electrons. The van der Waals surface area contributed by atoms with Crippen molar-refractivity contribution in [2.24, 2.45) is 0 Å². The van der Waals surface area contributed by atoms with E-state index in [0.29, 0.717) is 28.6 Å². The number of hydrogen-bond acceptors (Lipinski definition) is 2. The van der Waals surface area contributed by atoms with Gasteiger partial charge in [-0.1, -0.05) is 0 Å². The highest BCUT2D eigenvalue weighted by atomic mass is 79.9. The van der Waals surface area contributed by atoms with E-state index in [1.165, 1.54) is 19.2 Å². The lowest BCUT2D eigenvalue weighted by atomic mass is 10.1. The van der Waals surface area contributed by atoms with Crippen molar-refractivity contribution in [3.8, 4) is 5.75 Å². The predicted octanol–water partition coefficient (Wildman–Crippen LogP) is 3.00. The van der Waals surface area contributed by atoms with Gasteiger partial charge in [-0.3, -0.25) is 4.79 Å². The van der Waals surface area contributed by atoms with Gasteiger partial charge in [0, 0.05) is 6.42 Å². The summed E-state index contributed by atoms with van der Waals surface area (Å²) in [6, 6.07) is 2.69. The van der Waals surface area contributed by atoms with Gasteiger partial charge in [0.15, 0.2) is 0 Å².